The van der Waals surface area contributed by atoms with Gasteiger partial charge in [0.05, 0.1) is 19.1 Å². The first-order valence-corrected chi connectivity index (χ1v) is 11.9. The number of carbonyl (C=O) groups is 2. The van der Waals surface area contributed by atoms with Gasteiger partial charge in [-0.1, -0.05) is 11.8 Å². The van der Waals surface area contributed by atoms with Crippen LogP contribution in [-0.2, 0) is 21.2 Å². The number of aliphatic hydroxyl groups excluding tert-OH is 1. The molecule has 1 saturated heterocycles. The van der Waals surface area contributed by atoms with Crippen molar-refractivity contribution in [3.63, 3.8) is 0 Å². The van der Waals surface area contributed by atoms with Gasteiger partial charge in [0.2, 0.25) is 0 Å². The van der Waals surface area contributed by atoms with Crippen LogP contribution >= 0.6 is 0 Å². The van der Waals surface area contributed by atoms with E-state index in [1.807, 2.05) is 11.9 Å². The fourth-order valence-corrected chi connectivity index (χ4v) is 4.62. The number of hydroxylamine groups is 1. The second-order valence-electron chi connectivity index (χ2n) is 8.30. The molecule has 2 aliphatic rings. The molecule has 10 nitrogen and oxygen atoms in total. The van der Waals surface area contributed by atoms with Crippen molar-refractivity contribution in [1.82, 2.24) is 19.8 Å². The van der Waals surface area contributed by atoms with Gasteiger partial charge in [0.1, 0.15) is 0 Å². The number of carbonyl (C=O) groups excluding carboxylic acids is 2. The van der Waals surface area contributed by atoms with Crippen LogP contribution in [0.1, 0.15) is 24.6 Å². The normalized spacial score (nSPS) is 22.0. The molecule has 3 N–H and O–H groups in total. The van der Waals surface area contributed by atoms with Gasteiger partial charge in [0.15, 0.2) is 14.6 Å². The van der Waals surface area contributed by atoms with Gasteiger partial charge in [-0.25, -0.2) is 18.7 Å². The summed E-state index contributed by atoms with van der Waals surface area (Å²) in [5.41, 5.74) is 2.72. The predicted octanol–water partition coefficient (Wildman–Crippen LogP) is -0.752. The van der Waals surface area contributed by atoms with Crippen molar-refractivity contribution < 1.29 is 28.3 Å². The highest BCUT2D eigenvalue weighted by Gasteiger charge is 2.44. The average Bonchev–Trinajstić information content (AvgIpc) is 3.25. The summed E-state index contributed by atoms with van der Waals surface area (Å²) < 4.78 is 23.7. The molecule has 2 aliphatic heterocycles. The van der Waals surface area contributed by atoms with Crippen LogP contribution in [0.5, 0.6) is 0 Å². The number of likely N-dealkylation sites (N-methyl/N-ethyl adjacent to an activating group) is 1. The smallest absolute Gasteiger partial charge is 0.328 e. The average molecular weight is 463 g/mol. The lowest BCUT2D eigenvalue weighted by Gasteiger charge is -2.42. The van der Waals surface area contributed by atoms with E-state index in [2.05, 4.69) is 23.7 Å². The van der Waals surface area contributed by atoms with Gasteiger partial charge in [-0.2, -0.15) is 0 Å². The fraction of sp³-hybridized carbons (Fsp3) is 0.524. The number of sulfone groups is 1. The lowest BCUT2D eigenvalue weighted by molar-refractivity contribution is -0.131. The largest absolute Gasteiger partial charge is 0.395 e. The van der Waals surface area contributed by atoms with E-state index < -0.39 is 20.5 Å². The maximum absolute atomic E-state index is 12.7. The Labute approximate surface area is 187 Å². The summed E-state index contributed by atoms with van der Waals surface area (Å²) in [7, 11) is -1.91. The minimum Gasteiger partial charge on any atom is -0.395 e. The molecule has 0 saturated carbocycles. The molecule has 0 aliphatic carbocycles. The van der Waals surface area contributed by atoms with Crippen LogP contribution in [0.3, 0.4) is 0 Å². The molecule has 3 atom stereocenters. The molecule has 2 amide bonds. The molecular weight excluding hydrogens is 436 g/mol. The number of hydrogen-bond acceptors (Lipinski definition) is 7. The summed E-state index contributed by atoms with van der Waals surface area (Å²) in [6, 6.07) is 1.46. The van der Waals surface area contributed by atoms with Crippen molar-refractivity contribution in [1.29, 1.82) is 0 Å². The van der Waals surface area contributed by atoms with Crippen LogP contribution in [0.4, 0.5) is 4.79 Å². The number of rotatable bonds is 6. The van der Waals surface area contributed by atoms with E-state index in [1.165, 1.54) is 21.9 Å². The van der Waals surface area contributed by atoms with Crippen molar-refractivity contribution in [3.8, 4) is 23.7 Å². The van der Waals surface area contributed by atoms with E-state index in [4.69, 9.17) is 5.21 Å². The zero-order chi connectivity index (χ0) is 23.7. The van der Waals surface area contributed by atoms with E-state index in [0.717, 1.165) is 12.8 Å². The summed E-state index contributed by atoms with van der Waals surface area (Å²) in [6.07, 6.45) is 2.34. The van der Waals surface area contributed by atoms with E-state index in [9.17, 15) is 23.1 Å². The first-order chi connectivity index (χ1) is 15.0. The van der Waals surface area contributed by atoms with Crippen LogP contribution in [0.2, 0.25) is 0 Å². The zero-order valence-electron chi connectivity index (χ0n) is 18.1. The lowest BCUT2D eigenvalue weighted by atomic mass is 9.90. The number of aliphatic hydroxyl groups is 1. The molecule has 0 spiro atoms. The highest BCUT2D eigenvalue weighted by Crippen LogP contribution is 2.25. The highest BCUT2D eigenvalue weighted by molar-refractivity contribution is 7.92. The number of nitrogens with one attached hydrogen (secondary N) is 1. The second kappa shape index (κ2) is 8.96. The summed E-state index contributed by atoms with van der Waals surface area (Å²) in [4.78, 5) is 28.1. The quantitative estimate of drug-likeness (QED) is 0.288. The molecule has 32 heavy (non-hydrogen) atoms. The monoisotopic (exact) mass is 462 g/mol. The topological polar surface area (TPSA) is 132 Å². The Balaban J connectivity index is 1.63. The number of nitrogens with zero attached hydrogens (tertiary/aromatic N) is 3. The first-order valence-electron chi connectivity index (χ1n) is 9.99. The van der Waals surface area contributed by atoms with Crippen LogP contribution < -0.4 is 5.48 Å². The Morgan fingerprint density at radius 3 is 2.66 bits per heavy atom. The third-order valence-corrected chi connectivity index (χ3v) is 8.24. The summed E-state index contributed by atoms with van der Waals surface area (Å²) >= 11 is 0. The molecular formula is C21H26N4O6S. The second-order valence-corrected chi connectivity index (χ2v) is 10.7. The molecule has 172 valence electrons. The Morgan fingerprint density at radius 2 is 2.09 bits per heavy atom. The van der Waals surface area contributed by atoms with E-state index in [0.29, 0.717) is 11.3 Å². The SMILES string of the molecule is CN1C[C@@H](C#CC#Cc2cc3n(c2)C(=O)N(CC[C@](C)(C(=O)NO)S(C)(=O)=O)C3)[C@@H]1CO. The molecule has 1 aromatic heterocycles. The van der Waals surface area contributed by atoms with Crippen molar-refractivity contribution >= 4 is 21.8 Å². The Morgan fingerprint density at radius 1 is 1.38 bits per heavy atom. The first kappa shape index (κ1) is 23.8. The molecule has 1 aromatic rings. The van der Waals surface area contributed by atoms with Gasteiger partial charge in [0.25, 0.3) is 5.91 Å². The molecule has 0 bridgehead atoms. The van der Waals surface area contributed by atoms with Crippen molar-refractivity contribution in [3.05, 3.63) is 23.5 Å². The molecule has 11 heteroatoms. The summed E-state index contributed by atoms with van der Waals surface area (Å²) in [5.74, 6) is 10.6. The Kier molecular flexibility index (Phi) is 6.67. The highest BCUT2D eigenvalue weighted by atomic mass is 32.2. The maximum atomic E-state index is 12.7. The number of aromatic nitrogens is 1. The minimum absolute atomic E-state index is 0.0197. The van der Waals surface area contributed by atoms with Crippen LogP contribution in [0, 0.1) is 29.6 Å². The van der Waals surface area contributed by atoms with Gasteiger partial charge in [-0.15, -0.1) is 0 Å². The van der Waals surface area contributed by atoms with Crippen molar-refractivity contribution in [2.75, 3.05) is 33.0 Å². The number of hydrogen-bond donors (Lipinski definition) is 3. The van der Waals surface area contributed by atoms with Gasteiger partial charge < -0.3 is 10.0 Å². The molecule has 0 radical (unpaired) electrons. The Hall–Kier alpha value is -2.83. The van der Waals surface area contributed by atoms with Gasteiger partial charge >= 0.3 is 6.03 Å². The van der Waals surface area contributed by atoms with Gasteiger partial charge in [-0.3, -0.25) is 19.5 Å². The van der Waals surface area contributed by atoms with Gasteiger partial charge in [0, 0.05) is 42.8 Å². The zero-order valence-corrected chi connectivity index (χ0v) is 18.9. The third kappa shape index (κ3) is 4.38. The summed E-state index contributed by atoms with van der Waals surface area (Å²) in [6.45, 7) is 2.34. The third-order valence-electron chi connectivity index (χ3n) is 6.22. The maximum Gasteiger partial charge on any atom is 0.328 e. The van der Waals surface area contributed by atoms with Crippen molar-refractivity contribution in [2.45, 2.75) is 30.7 Å². The van der Waals surface area contributed by atoms with E-state index in [-0.39, 0.29) is 44.1 Å². The number of amides is 2. The molecule has 3 heterocycles. The number of fused-ring (bicyclic) bond motifs is 1. The van der Waals surface area contributed by atoms with Crippen molar-refractivity contribution in [2.24, 2.45) is 5.92 Å². The minimum atomic E-state index is -3.84. The molecule has 1 fully saturated rings. The Bertz CT molecular complexity index is 1150. The number of likely N-dealkylation sites (tertiary alicyclic amines) is 1. The van der Waals surface area contributed by atoms with Crippen LogP contribution in [-0.4, -0.2) is 88.8 Å². The predicted molar refractivity (Wildman–Crippen MR) is 115 cm³/mol. The van der Waals surface area contributed by atoms with Gasteiger partial charge in [-0.05, 0) is 38.3 Å². The van der Waals surface area contributed by atoms with E-state index >= 15 is 0 Å². The van der Waals surface area contributed by atoms with Crippen LogP contribution in [0.25, 0.3) is 0 Å². The molecule has 3 rings (SSSR count). The summed E-state index contributed by atoms with van der Waals surface area (Å²) in [5, 5.41) is 18.2. The molecule has 0 aromatic carbocycles. The standard InChI is InChI=1S/C21H26N4O6S/c1-21(19(27)22-29,32(3,30)31)8-9-24-13-17-10-15(11-25(17)20(24)28)6-4-5-7-16-12-23(2)18(16)14-26/h10-11,16,18,26,29H,8-9,12-14H2,1-3H3,(H,22,27)/t16-,18+,21-/m1/s1. The van der Waals surface area contributed by atoms with Crippen LogP contribution in [0.15, 0.2) is 12.3 Å². The lowest BCUT2D eigenvalue weighted by Crippen LogP contribution is -2.55. The van der Waals surface area contributed by atoms with E-state index in [1.54, 1.807) is 12.3 Å². The fourth-order valence-electron chi connectivity index (χ4n) is 3.78. The molecule has 0 unspecified atom stereocenters.